The SMILES string of the molecule is CNC(=N)c1ccc2c(=O)n(-c3ccc(NC(=O)NS(=O)(=O)c4ccc(C)s4)cc3F)cnc2c1. The zero-order valence-corrected chi connectivity index (χ0v) is 20.1. The number of nitrogens with one attached hydrogen (secondary N) is 4. The lowest BCUT2D eigenvalue weighted by Gasteiger charge is -2.11. The highest BCUT2D eigenvalue weighted by Gasteiger charge is 2.20. The Morgan fingerprint density at radius 2 is 1.91 bits per heavy atom. The average Bonchev–Trinajstić information content (AvgIpc) is 3.26. The summed E-state index contributed by atoms with van der Waals surface area (Å²) in [6.07, 6.45) is 1.17. The second-order valence-electron chi connectivity index (χ2n) is 7.37. The number of thiophene rings is 1. The van der Waals surface area contributed by atoms with Gasteiger partial charge in [-0.3, -0.25) is 14.8 Å². The van der Waals surface area contributed by atoms with Crippen molar-refractivity contribution in [1.29, 1.82) is 5.41 Å². The molecule has 0 saturated heterocycles. The monoisotopic (exact) mass is 514 g/mol. The van der Waals surface area contributed by atoms with E-state index in [9.17, 15) is 22.4 Å². The number of amidine groups is 1. The fraction of sp³-hybridized carbons (Fsp3) is 0.0909. The lowest BCUT2D eigenvalue weighted by Crippen LogP contribution is -2.34. The van der Waals surface area contributed by atoms with Gasteiger partial charge in [-0.25, -0.2) is 27.3 Å². The number of halogens is 1. The Kier molecular flexibility index (Phi) is 6.37. The molecule has 4 N–H and O–H groups in total. The van der Waals surface area contributed by atoms with E-state index in [-0.39, 0.29) is 26.8 Å². The van der Waals surface area contributed by atoms with E-state index in [1.165, 1.54) is 30.6 Å². The molecule has 180 valence electrons. The van der Waals surface area contributed by atoms with E-state index >= 15 is 0 Å². The number of nitrogens with zero attached hydrogens (tertiary/aromatic N) is 2. The number of hydrogen-bond acceptors (Lipinski definition) is 7. The molecule has 13 heteroatoms. The van der Waals surface area contributed by atoms with Crippen LogP contribution in [-0.4, -0.2) is 36.9 Å². The van der Waals surface area contributed by atoms with Crippen molar-refractivity contribution in [3.05, 3.63) is 81.5 Å². The maximum Gasteiger partial charge on any atom is 0.333 e. The number of urea groups is 1. The van der Waals surface area contributed by atoms with Gasteiger partial charge in [0.25, 0.3) is 15.6 Å². The maximum absolute atomic E-state index is 14.9. The largest absolute Gasteiger partial charge is 0.373 e. The van der Waals surface area contributed by atoms with E-state index in [1.807, 2.05) is 4.72 Å². The van der Waals surface area contributed by atoms with Gasteiger partial charge in [0.2, 0.25) is 0 Å². The number of benzene rings is 2. The van der Waals surface area contributed by atoms with E-state index < -0.39 is 27.4 Å². The van der Waals surface area contributed by atoms with Crippen LogP contribution >= 0.6 is 11.3 Å². The number of aryl methyl sites for hydroxylation is 1. The number of sulfonamides is 1. The van der Waals surface area contributed by atoms with Crippen molar-refractivity contribution < 1.29 is 17.6 Å². The van der Waals surface area contributed by atoms with E-state index in [0.717, 1.165) is 26.8 Å². The molecule has 35 heavy (non-hydrogen) atoms. The van der Waals surface area contributed by atoms with Crippen LogP contribution in [0.15, 0.2) is 63.9 Å². The molecule has 0 unspecified atom stereocenters. The van der Waals surface area contributed by atoms with Crippen LogP contribution < -0.4 is 20.9 Å². The molecule has 0 fully saturated rings. The number of carbonyl (C=O) groups excluding carboxylic acids is 1. The minimum Gasteiger partial charge on any atom is -0.373 e. The summed E-state index contributed by atoms with van der Waals surface area (Å²) in [6, 6.07) is 10.2. The third-order valence-electron chi connectivity index (χ3n) is 4.97. The van der Waals surface area contributed by atoms with Crippen LogP contribution in [0.3, 0.4) is 0 Å². The van der Waals surface area contributed by atoms with Crippen LogP contribution in [0.1, 0.15) is 10.4 Å². The first-order valence-corrected chi connectivity index (χ1v) is 12.4. The van der Waals surface area contributed by atoms with E-state index in [2.05, 4.69) is 15.6 Å². The van der Waals surface area contributed by atoms with Crippen molar-refractivity contribution in [2.24, 2.45) is 0 Å². The summed E-state index contributed by atoms with van der Waals surface area (Å²) in [5, 5.41) is 13.0. The molecule has 2 amide bonds. The molecule has 0 saturated carbocycles. The maximum atomic E-state index is 14.9. The number of anilines is 1. The number of rotatable bonds is 5. The normalized spacial score (nSPS) is 11.3. The van der Waals surface area contributed by atoms with Crippen molar-refractivity contribution in [2.45, 2.75) is 11.1 Å². The van der Waals surface area contributed by atoms with Gasteiger partial charge in [0, 0.05) is 23.2 Å². The first-order valence-electron chi connectivity index (χ1n) is 10.1. The summed E-state index contributed by atoms with van der Waals surface area (Å²) >= 11 is 1.01. The van der Waals surface area contributed by atoms with Gasteiger partial charge in [-0.2, -0.15) is 0 Å². The molecular weight excluding hydrogens is 495 g/mol. The second kappa shape index (κ2) is 9.27. The molecule has 0 aliphatic heterocycles. The minimum atomic E-state index is -4.06. The molecule has 0 radical (unpaired) electrons. The highest BCUT2D eigenvalue weighted by Crippen LogP contribution is 2.21. The van der Waals surface area contributed by atoms with Gasteiger partial charge in [0.1, 0.15) is 22.2 Å². The molecular formula is C22H19FN6O4S2. The third kappa shape index (κ3) is 4.90. The van der Waals surface area contributed by atoms with Gasteiger partial charge in [-0.15, -0.1) is 11.3 Å². The van der Waals surface area contributed by atoms with E-state index in [0.29, 0.717) is 11.1 Å². The Morgan fingerprint density at radius 3 is 2.57 bits per heavy atom. The van der Waals surface area contributed by atoms with E-state index in [4.69, 9.17) is 5.41 Å². The summed E-state index contributed by atoms with van der Waals surface area (Å²) in [6.45, 7) is 1.73. The van der Waals surface area contributed by atoms with Crippen LogP contribution in [-0.2, 0) is 10.0 Å². The van der Waals surface area contributed by atoms with Crippen LogP contribution in [0.2, 0.25) is 0 Å². The first-order chi connectivity index (χ1) is 16.6. The van der Waals surface area contributed by atoms with Crippen LogP contribution in [0.25, 0.3) is 16.6 Å². The Hall–Kier alpha value is -4.10. The Morgan fingerprint density at radius 1 is 1.14 bits per heavy atom. The highest BCUT2D eigenvalue weighted by molar-refractivity contribution is 7.92. The summed E-state index contributed by atoms with van der Waals surface area (Å²) < 4.78 is 42.3. The molecule has 0 atom stereocenters. The lowest BCUT2D eigenvalue weighted by atomic mass is 10.1. The number of aromatic nitrogens is 2. The Bertz CT molecular complexity index is 1650. The number of amides is 2. The van der Waals surface area contributed by atoms with Crippen LogP contribution in [0, 0.1) is 18.2 Å². The molecule has 2 heterocycles. The molecule has 0 spiro atoms. The van der Waals surface area contributed by atoms with Crippen molar-refractivity contribution in [3.8, 4) is 5.69 Å². The molecule has 0 aliphatic carbocycles. The molecule has 2 aromatic heterocycles. The smallest absolute Gasteiger partial charge is 0.333 e. The van der Waals surface area contributed by atoms with Gasteiger partial charge < -0.3 is 10.6 Å². The predicted octanol–water partition coefficient (Wildman–Crippen LogP) is 2.95. The zero-order chi connectivity index (χ0) is 25.3. The van der Waals surface area contributed by atoms with Crippen molar-refractivity contribution >= 4 is 49.8 Å². The molecule has 0 bridgehead atoms. The van der Waals surface area contributed by atoms with Crippen molar-refractivity contribution in [3.63, 3.8) is 0 Å². The average molecular weight is 515 g/mol. The topological polar surface area (TPSA) is 146 Å². The van der Waals surface area contributed by atoms with Gasteiger partial charge in [0.15, 0.2) is 0 Å². The number of hydrogen-bond donors (Lipinski definition) is 4. The van der Waals surface area contributed by atoms with Gasteiger partial charge >= 0.3 is 6.03 Å². The minimum absolute atomic E-state index is 0.0154. The molecule has 4 aromatic rings. The molecule has 10 nitrogen and oxygen atoms in total. The van der Waals surface area contributed by atoms with Gasteiger partial charge in [-0.05, 0) is 49.4 Å². The highest BCUT2D eigenvalue weighted by atomic mass is 32.2. The van der Waals surface area contributed by atoms with E-state index in [1.54, 1.807) is 32.2 Å². The van der Waals surface area contributed by atoms with Crippen molar-refractivity contribution in [1.82, 2.24) is 19.6 Å². The molecule has 4 rings (SSSR count). The quantitative estimate of drug-likeness (QED) is 0.238. The molecule has 0 aliphatic rings. The van der Waals surface area contributed by atoms with Gasteiger partial charge in [-0.1, -0.05) is 6.07 Å². The Labute approximate surface area is 203 Å². The third-order valence-corrected chi connectivity index (χ3v) is 7.79. The lowest BCUT2D eigenvalue weighted by molar-refractivity contribution is 0.256. The van der Waals surface area contributed by atoms with Crippen LogP contribution in [0.4, 0.5) is 14.9 Å². The zero-order valence-electron chi connectivity index (χ0n) is 18.4. The first kappa shape index (κ1) is 24.0. The Balaban J connectivity index is 1.57. The van der Waals surface area contributed by atoms with Crippen LogP contribution in [0.5, 0.6) is 0 Å². The number of carbonyl (C=O) groups is 1. The summed E-state index contributed by atoms with van der Waals surface area (Å²) in [5.41, 5.74) is 0.247. The predicted molar refractivity (Wildman–Crippen MR) is 132 cm³/mol. The van der Waals surface area contributed by atoms with Gasteiger partial charge in [0.05, 0.1) is 16.6 Å². The van der Waals surface area contributed by atoms with Crippen molar-refractivity contribution in [2.75, 3.05) is 12.4 Å². The molecule has 2 aromatic carbocycles. The fourth-order valence-electron chi connectivity index (χ4n) is 3.26. The number of fused-ring (bicyclic) bond motifs is 1. The fourth-order valence-corrected chi connectivity index (χ4v) is 5.45. The standard InChI is InChI=1S/C22H19FN6O4S2/c1-12-3-8-19(34-12)35(32,33)28-22(31)27-14-5-7-18(16(23)10-14)29-11-26-17-9-13(20(24)25-2)4-6-15(17)21(29)30/h3-11H,1-2H3,(H2,24,25)(H2,27,28,31). The summed E-state index contributed by atoms with van der Waals surface area (Å²) in [5.74, 6) is -0.675. The summed E-state index contributed by atoms with van der Waals surface area (Å²) in [7, 11) is -2.46. The summed E-state index contributed by atoms with van der Waals surface area (Å²) in [4.78, 5) is 30.1. The second-order valence-corrected chi connectivity index (χ2v) is 10.6.